The maximum absolute atomic E-state index is 12.7. The van der Waals surface area contributed by atoms with Gasteiger partial charge in [-0.25, -0.2) is 4.79 Å². The monoisotopic (exact) mass is 565 g/mol. The summed E-state index contributed by atoms with van der Waals surface area (Å²) in [6.07, 6.45) is 1.38. The molecule has 0 aromatic heterocycles. The van der Waals surface area contributed by atoms with E-state index in [2.05, 4.69) is 26.0 Å². The number of nitrogens with zero attached hydrogens (tertiary/aromatic N) is 2. The number of hydrogen-bond acceptors (Lipinski definition) is 8. The minimum Gasteiger partial charge on any atom is -0.493 e. The smallest absolute Gasteiger partial charge is 0.337 e. The van der Waals surface area contributed by atoms with Gasteiger partial charge in [0.2, 0.25) is 0 Å². The Balaban J connectivity index is 1.78. The Kier molecular flexibility index (Phi) is 8.96. The van der Waals surface area contributed by atoms with Crippen molar-refractivity contribution in [2.75, 3.05) is 19.5 Å². The lowest BCUT2D eigenvalue weighted by atomic mass is 10.1. The quantitative estimate of drug-likeness (QED) is 0.121. The van der Waals surface area contributed by atoms with Crippen molar-refractivity contribution in [2.45, 2.75) is 6.61 Å². The molecule has 0 fully saturated rings. The Labute approximate surface area is 220 Å². The number of amides is 1. The number of non-ortho nitro benzene ring substituents is 1. The van der Waals surface area contributed by atoms with Crippen LogP contribution in [0.5, 0.6) is 11.5 Å². The molecule has 11 heteroatoms. The summed E-state index contributed by atoms with van der Waals surface area (Å²) in [4.78, 5) is 34.7. The van der Waals surface area contributed by atoms with Crippen LogP contribution in [0.3, 0.4) is 0 Å². The lowest BCUT2D eigenvalue weighted by Gasteiger charge is -2.14. The van der Waals surface area contributed by atoms with Crippen LogP contribution in [0.2, 0.25) is 0 Å². The van der Waals surface area contributed by atoms with Crippen molar-refractivity contribution in [1.82, 2.24) is 0 Å². The third-order valence-corrected chi connectivity index (χ3v) is 5.59. The molecule has 3 aromatic rings. The van der Waals surface area contributed by atoms with E-state index in [1.54, 1.807) is 24.3 Å². The summed E-state index contributed by atoms with van der Waals surface area (Å²) >= 11 is 3.41. The summed E-state index contributed by atoms with van der Waals surface area (Å²) in [5.41, 5.74) is 1.57. The number of ether oxygens (including phenoxy) is 3. The van der Waals surface area contributed by atoms with Gasteiger partial charge in [0.25, 0.3) is 11.6 Å². The number of nitro groups is 1. The van der Waals surface area contributed by atoms with Crippen molar-refractivity contribution in [3.63, 3.8) is 0 Å². The number of halogens is 1. The zero-order valence-electron chi connectivity index (χ0n) is 19.7. The molecule has 0 radical (unpaired) electrons. The molecular weight excluding hydrogens is 546 g/mol. The molecular formula is C26H20BrN3O7. The summed E-state index contributed by atoms with van der Waals surface area (Å²) in [6.45, 7) is 0.0481. The lowest BCUT2D eigenvalue weighted by Crippen LogP contribution is -2.13. The molecule has 0 bridgehead atoms. The molecule has 10 nitrogen and oxygen atoms in total. The molecule has 0 saturated heterocycles. The Hall–Kier alpha value is -4.69. The standard InChI is InChI=1S/C26H20BrN3O7/c1-35-23-13-17(12-22(27)24(23)37-15-16-4-3-5-21(11-16)30(33)34)10-19(14-28)25(31)29-20-8-6-18(7-9-20)26(32)36-2/h3-13H,15H2,1-2H3,(H,29,31)/b19-10+. The van der Waals surface area contributed by atoms with E-state index < -0.39 is 16.8 Å². The second-order valence-corrected chi connectivity index (χ2v) is 8.30. The zero-order valence-corrected chi connectivity index (χ0v) is 21.3. The number of carbonyl (C=O) groups is 2. The van der Waals surface area contributed by atoms with E-state index in [0.29, 0.717) is 38.3 Å². The Morgan fingerprint density at radius 2 is 1.86 bits per heavy atom. The van der Waals surface area contributed by atoms with Gasteiger partial charge >= 0.3 is 5.97 Å². The number of benzene rings is 3. The number of nitro benzene ring substituents is 1. The summed E-state index contributed by atoms with van der Waals surface area (Å²) in [5, 5.41) is 23.2. The minimum absolute atomic E-state index is 0.0469. The van der Waals surface area contributed by atoms with Crippen LogP contribution in [-0.4, -0.2) is 31.0 Å². The average Bonchev–Trinajstić information content (AvgIpc) is 2.90. The number of rotatable bonds is 9. The SMILES string of the molecule is COC(=O)c1ccc(NC(=O)/C(C#N)=C/c2cc(Br)c(OCc3cccc([N+](=O)[O-])c3)c(OC)c2)cc1. The molecule has 1 N–H and O–H groups in total. The van der Waals surface area contributed by atoms with Gasteiger partial charge in [-0.15, -0.1) is 0 Å². The molecule has 0 unspecified atom stereocenters. The lowest BCUT2D eigenvalue weighted by molar-refractivity contribution is -0.384. The van der Waals surface area contributed by atoms with Gasteiger partial charge in [-0.2, -0.15) is 5.26 Å². The fourth-order valence-electron chi connectivity index (χ4n) is 3.20. The second kappa shape index (κ2) is 12.3. The van der Waals surface area contributed by atoms with Crippen molar-refractivity contribution in [1.29, 1.82) is 5.26 Å². The second-order valence-electron chi connectivity index (χ2n) is 7.44. The van der Waals surface area contributed by atoms with E-state index in [1.807, 2.05) is 6.07 Å². The van der Waals surface area contributed by atoms with Gasteiger partial charge in [0.05, 0.1) is 29.2 Å². The van der Waals surface area contributed by atoms with Crippen LogP contribution >= 0.6 is 15.9 Å². The number of anilines is 1. The third kappa shape index (κ3) is 6.93. The van der Waals surface area contributed by atoms with Gasteiger partial charge < -0.3 is 19.5 Å². The molecule has 1 amide bonds. The van der Waals surface area contributed by atoms with Crippen molar-refractivity contribution >= 4 is 45.3 Å². The van der Waals surface area contributed by atoms with Crippen molar-refractivity contribution in [3.05, 3.63) is 97.5 Å². The number of methoxy groups -OCH3 is 2. The van der Waals surface area contributed by atoms with Crippen molar-refractivity contribution in [3.8, 4) is 17.6 Å². The highest BCUT2D eigenvalue weighted by Crippen LogP contribution is 2.38. The maximum atomic E-state index is 12.7. The van der Waals surface area contributed by atoms with Crippen LogP contribution in [0.25, 0.3) is 6.08 Å². The predicted molar refractivity (Wildman–Crippen MR) is 138 cm³/mol. The molecule has 0 aliphatic heterocycles. The first-order valence-corrected chi connectivity index (χ1v) is 11.4. The van der Waals surface area contributed by atoms with E-state index in [4.69, 9.17) is 9.47 Å². The van der Waals surface area contributed by atoms with Crippen molar-refractivity contribution < 1.29 is 28.7 Å². The topological polar surface area (TPSA) is 141 Å². The van der Waals surface area contributed by atoms with E-state index in [9.17, 15) is 25.0 Å². The largest absolute Gasteiger partial charge is 0.493 e. The van der Waals surface area contributed by atoms with Gasteiger partial charge in [0.15, 0.2) is 11.5 Å². The molecule has 37 heavy (non-hydrogen) atoms. The van der Waals surface area contributed by atoms with Crippen LogP contribution in [0.1, 0.15) is 21.5 Å². The maximum Gasteiger partial charge on any atom is 0.337 e. The molecule has 3 rings (SSSR count). The van der Waals surface area contributed by atoms with E-state index >= 15 is 0 Å². The Morgan fingerprint density at radius 3 is 2.49 bits per heavy atom. The Morgan fingerprint density at radius 1 is 1.14 bits per heavy atom. The highest BCUT2D eigenvalue weighted by atomic mass is 79.9. The first kappa shape index (κ1) is 26.9. The van der Waals surface area contributed by atoms with Gasteiger partial charge in [-0.3, -0.25) is 14.9 Å². The van der Waals surface area contributed by atoms with Crippen LogP contribution in [0.15, 0.2) is 70.7 Å². The van der Waals surface area contributed by atoms with E-state index in [0.717, 1.165) is 0 Å². The number of hydrogen-bond donors (Lipinski definition) is 1. The van der Waals surface area contributed by atoms with Gasteiger partial charge in [-0.1, -0.05) is 12.1 Å². The molecule has 0 saturated carbocycles. The molecule has 0 aliphatic rings. The summed E-state index contributed by atoms with van der Waals surface area (Å²) in [6, 6.07) is 17.2. The van der Waals surface area contributed by atoms with Crippen LogP contribution in [-0.2, 0) is 16.1 Å². The van der Waals surface area contributed by atoms with Gasteiger partial charge in [0.1, 0.15) is 18.2 Å². The molecule has 188 valence electrons. The van der Waals surface area contributed by atoms with E-state index in [1.165, 1.54) is 56.7 Å². The molecule has 0 aliphatic carbocycles. The highest BCUT2D eigenvalue weighted by Gasteiger charge is 2.15. The molecule has 0 atom stereocenters. The number of esters is 1. The van der Waals surface area contributed by atoms with Crippen LogP contribution in [0.4, 0.5) is 11.4 Å². The average molecular weight is 566 g/mol. The van der Waals surface area contributed by atoms with E-state index in [-0.39, 0.29) is 17.9 Å². The fourth-order valence-corrected chi connectivity index (χ4v) is 3.77. The summed E-state index contributed by atoms with van der Waals surface area (Å²) in [7, 11) is 2.71. The summed E-state index contributed by atoms with van der Waals surface area (Å²) < 4.78 is 16.4. The third-order valence-electron chi connectivity index (χ3n) is 5.00. The minimum atomic E-state index is -0.644. The number of nitrogens with one attached hydrogen (secondary N) is 1. The fraction of sp³-hybridized carbons (Fsp3) is 0.115. The van der Waals surface area contributed by atoms with Gasteiger partial charge in [0, 0.05) is 17.8 Å². The molecule has 0 heterocycles. The number of carbonyl (C=O) groups excluding carboxylic acids is 2. The molecule has 3 aromatic carbocycles. The highest BCUT2D eigenvalue weighted by molar-refractivity contribution is 9.10. The molecule has 0 spiro atoms. The first-order chi connectivity index (χ1) is 17.7. The first-order valence-electron chi connectivity index (χ1n) is 10.6. The Bertz CT molecular complexity index is 1410. The normalized spacial score (nSPS) is 10.7. The number of nitriles is 1. The van der Waals surface area contributed by atoms with Crippen molar-refractivity contribution in [2.24, 2.45) is 0 Å². The summed E-state index contributed by atoms with van der Waals surface area (Å²) in [5.74, 6) is -0.483. The van der Waals surface area contributed by atoms with Crippen LogP contribution in [0, 0.1) is 21.4 Å². The predicted octanol–water partition coefficient (Wildman–Crippen LogP) is 5.28. The zero-order chi connectivity index (χ0) is 26.9. The van der Waals surface area contributed by atoms with Gasteiger partial charge in [-0.05, 0) is 69.5 Å². The van der Waals surface area contributed by atoms with Crippen LogP contribution < -0.4 is 14.8 Å².